The number of halogens is 4. The average molecular weight is 428 g/mol. The van der Waals surface area contributed by atoms with Crippen molar-refractivity contribution in [3.8, 4) is 28.0 Å². The first-order valence-electron chi connectivity index (χ1n) is 9.90. The number of phenols is 1. The molecule has 0 bridgehead atoms. The Kier molecular flexibility index (Phi) is 5.83. The van der Waals surface area contributed by atoms with Crippen LogP contribution in [0.1, 0.15) is 24.3 Å². The smallest absolute Gasteiger partial charge is 0.200 e. The molecule has 6 heteroatoms. The van der Waals surface area contributed by atoms with Gasteiger partial charge in [-0.15, -0.1) is 6.58 Å². The molecule has 0 radical (unpaired) electrons. The van der Waals surface area contributed by atoms with Gasteiger partial charge in [0.1, 0.15) is 0 Å². The van der Waals surface area contributed by atoms with E-state index < -0.39 is 29.0 Å². The molecule has 4 rings (SSSR count). The van der Waals surface area contributed by atoms with Crippen molar-refractivity contribution in [3.63, 3.8) is 0 Å². The standard InChI is InChI=1S/C25H20F4O2/c1-2-17-8-7-16(13-31-17)20-10-9-18(22(26)23(20)27)14-3-5-15(6-4-14)19-11-12-21(30)25(29)24(19)28/h2-6,9-12,16-17,30H,1,7-8,13H2. The summed E-state index contributed by atoms with van der Waals surface area (Å²) in [5.74, 6) is -5.38. The highest BCUT2D eigenvalue weighted by Gasteiger charge is 2.26. The van der Waals surface area contributed by atoms with Gasteiger partial charge in [0.05, 0.1) is 12.7 Å². The van der Waals surface area contributed by atoms with Gasteiger partial charge in [-0.25, -0.2) is 13.2 Å². The average Bonchev–Trinajstić information content (AvgIpc) is 2.80. The van der Waals surface area contributed by atoms with E-state index in [4.69, 9.17) is 4.74 Å². The zero-order valence-electron chi connectivity index (χ0n) is 16.5. The lowest BCUT2D eigenvalue weighted by Gasteiger charge is -2.28. The number of benzene rings is 3. The number of phenolic OH excluding ortho intramolecular Hbond substituents is 1. The summed E-state index contributed by atoms with van der Waals surface area (Å²) < 4.78 is 63.0. The van der Waals surface area contributed by atoms with E-state index in [1.807, 2.05) is 0 Å². The monoisotopic (exact) mass is 428 g/mol. The van der Waals surface area contributed by atoms with E-state index in [0.717, 1.165) is 6.07 Å². The van der Waals surface area contributed by atoms with Crippen molar-refractivity contribution in [2.24, 2.45) is 0 Å². The number of hydrogen-bond donors (Lipinski definition) is 1. The van der Waals surface area contributed by atoms with Gasteiger partial charge in [-0.05, 0) is 41.7 Å². The summed E-state index contributed by atoms with van der Waals surface area (Å²) in [5, 5.41) is 9.26. The minimum Gasteiger partial charge on any atom is -0.505 e. The van der Waals surface area contributed by atoms with E-state index >= 15 is 0 Å². The van der Waals surface area contributed by atoms with Crippen LogP contribution >= 0.6 is 0 Å². The molecule has 3 aromatic rings. The van der Waals surface area contributed by atoms with Gasteiger partial charge >= 0.3 is 0 Å². The molecular formula is C25H20F4O2. The summed E-state index contributed by atoms with van der Waals surface area (Å²) >= 11 is 0. The topological polar surface area (TPSA) is 29.5 Å². The van der Waals surface area contributed by atoms with E-state index in [1.54, 1.807) is 12.1 Å². The highest BCUT2D eigenvalue weighted by Crippen LogP contribution is 2.35. The lowest BCUT2D eigenvalue weighted by atomic mass is 9.89. The molecule has 0 amide bonds. The second kappa shape index (κ2) is 8.55. The Hall–Kier alpha value is -3.12. The Balaban J connectivity index is 1.61. The number of hydrogen-bond acceptors (Lipinski definition) is 2. The van der Waals surface area contributed by atoms with Crippen molar-refractivity contribution < 1.29 is 27.4 Å². The third-order valence-corrected chi connectivity index (χ3v) is 5.69. The van der Waals surface area contributed by atoms with E-state index in [-0.39, 0.29) is 28.7 Å². The van der Waals surface area contributed by atoms with Crippen LogP contribution in [-0.2, 0) is 4.74 Å². The highest BCUT2D eigenvalue weighted by atomic mass is 19.2. The van der Waals surface area contributed by atoms with Gasteiger partial charge in [0.15, 0.2) is 23.2 Å². The van der Waals surface area contributed by atoms with Gasteiger partial charge in [-0.2, -0.15) is 4.39 Å². The second-order valence-electron chi connectivity index (χ2n) is 7.55. The third-order valence-electron chi connectivity index (χ3n) is 5.69. The van der Waals surface area contributed by atoms with Gasteiger partial charge in [0.2, 0.25) is 5.82 Å². The summed E-state index contributed by atoms with van der Waals surface area (Å²) in [6.07, 6.45) is 3.02. The Morgan fingerprint density at radius 1 is 0.774 bits per heavy atom. The van der Waals surface area contributed by atoms with Gasteiger partial charge in [0.25, 0.3) is 0 Å². The van der Waals surface area contributed by atoms with Crippen LogP contribution in [0.3, 0.4) is 0 Å². The number of ether oxygens (including phenoxy) is 1. The quantitative estimate of drug-likeness (QED) is 0.369. The Labute approximate surface area is 177 Å². The maximum absolute atomic E-state index is 14.9. The molecule has 1 aliphatic heterocycles. The summed E-state index contributed by atoms with van der Waals surface area (Å²) in [6, 6.07) is 11.4. The summed E-state index contributed by atoms with van der Waals surface area (Å²) in [7, 11) is 0. The summed E-state index contributed by atoms with van der Waals surface area (Å²) in [5.41, 5.74) is 1.05. The van der Waals surface area contributed by atoms with Crippen LogP contribution in [0.5, 0.6) is 5.75 Å². The molecule has 160 valence electrons. The molecule has 0 aromatic heterocycles. The van der Waals surface area contributed by atoms with Crippen molar-refractivity contribution in [2.45, 2.75) is 24.9 Å². The molecule has 3 aromatic carbocycles. The van der Waals surface area contributed by atoms with Crippen molar-refractivity contribution in [1.82, 2.24) is 0 Å². The van der Waals surface area contributed by atoms with Crippen LogP contribution in [0.25, 0.3) is 22.3 Å². The molecule has 0 spiro atoms. The SMILES string of the molecule is C=CC1CCC(c2ccc(-c3ccc(-c4ccc(O)c(F)c4F)cc3)c(F)c2F)CO1. The molecule has 1 fully saturated rings. The van der Waals surface area contributed by atoms with Crippen LogP contribution in [0.4, 0.5) is 17.6 Å². The molecule has 31 heavy (non-hydrogen) atoms. The first-order valence-corrected chi connectivity index (χ1v) is 9.90. The van der Waals surface area contributed by atoms with E-state index in [9.17, 15) is 22.7 Å². The Morgan fingerprint density at radius 2 is 1.35 bits per heavy atom. The summed E-state index contributed by atoms with van der Waals surface area (Å²) in [4.78, 5) is 0. The van der Waals surface area contributed by atoms with E-state index in [0.29, 0.717) is 30.6 Å². The minimum absolute atomic E-state index is 0.0426. The molecule has 1 N–H and O–H groups in total. The molecule has 0 saturated carbocycles. The second-order valence-corrected chi connectivity index (χ2v) is 7.55. The van der Waals surface area contributed by atoms with Crippen LogP contribution in [0.2, 0.25) is 0 Å². The van der Waals surface area contributed by atoms with Gasteiger partial charge in [-0.3, -0.25) is 0 Å². The van der Waals surface area contributed by atoms with Crippen LogP contribution in [0.15, 0.2) is 61.2 Å². The van der Waals surface area contributed by atoms with Crippen molar-refractivity contribution in [3.05, 3.63) is 90.0 Å². The van der Waals surface area contributed by atoms with E-state index in [2.05, 4.69) is 6.58 Å². The molecule has 2 unspecified atom stereocenters. The van der Waals surface area contributed by atoms with Gasteiger partial charge in [0, 0.05) is 17.0 Å². The predicted molar refractivity (Wildman–Crippen MR) is 111 cm³/mol. The fourth-order valence-electron chi connectivity index (χ4n) is 3.90. The number of rotatable bonds is 4. The fourth-order valence-corrected chi connectivity index (χ4v) is 3.90. The highest BCUT2D eigenvalue weighted by molar-refractivity contribution is 5.71. The molecular weight excluding hydrogens is 408 g/mol. The molecule has 2 nitrogen and oxygen atoms in total. The van der Waals surface area contributed by atoms with E-state index in [1.165, 1.54) is 36.4 Å². The van der Waals surface area contributed by atoms with Crippen LogP contribution < -0.4 is 0 Å². The van der Waals surface area contributed by atoms with Crippen molar-refractivity contribution in [1.29, 1.82) is 0 Å². The maximum Gasteiger partial charge on any atom is 0.200 e. The van der Waals surface area contributed by atoms with Crippen LogP contribution in [0, 0.1) is 23.3 Å². The minimum atomic E-state index is -1.34. The normalized spacial score (nSPS) is 18.7. The van der Waals surface area contributed by atoms with Gasteiger partial charge < -0.3 is 9.84 Å². The zero-order chi connectivity index (χ0) is 22.1. The molecule has 0 aliphatic carbocycles. The van der Waals surface area contributed by atoms with Gasteiger partial charge in [-0.1, -0.05) is 42.5 Å². The maximum atomic E-state index is 14.9. The van der Waals surface area contributed by atoms with Crippen molar-refractivity contribution >= 4 is 0 Å². The summed E-state index contributed by atoms with van der Waals surface area (Å²) in [6.45, 7) is 3.99. The Bertz CT molecular complexity index is 1120. The lowest BCUT2D eigenvalue weighted by molar-refractivity contribution is 0.0320. The first kappa shape index (κ1) is 21.1. The first-order chi connectivity index (χ1) is 14.9. The molecule has 2 atom stereocenters. The lowest BCUT2D eigenvalue weighted by Crippen LogP contribution is -2.23. The fraction of sp³-hybridized carbons (Fsp3) is 0.200. The molecule has 1 heterocycles. The number of aromatic hydroxyl groups is 1. The zero-order valence-corrected chi connectivity index (χ0v) is 16.5. The molecule has 1 saturated heterocycles. The van der Waals surface area contributed by atoms with Crippen molar-refractivity contribution in [2.75, 3.05) is 6.61 Å². The molecule has 1 aliphatic rings. The predicted octanol–water partition coefficient (Wildman–Crippen LogP) is 6.73. The Morgan fingerprint density at radius 3 is 1.90 bits per heavy atom. The third kappa shape index (κ3) is 3.95. The largest absolute Gasteiger partial charge is 0.505 e. The van der Waals surface area contributed by atoms with Crippen LogP contribution in [-0.4, -0.2) is 17.8 Å².